The zero-order chi connectivity index (χ0) is 10.1. The van der Waals surface area contributed by atoms with Gasteiger partial charge < -0.3 is 0 Å². The van der Waals surface area contributed by atoms with Crippen molar-refractivity contribution < 1.29 is 0 Å². The molecule has 1 nitrogen and oxygen atoms in total. The zero-order valence-electron chi connectivity index (χ0n) is 7.05. The lowest BCUT2D eigenvalue weighted by Gasteiger charge is -2.00. The first kappa shape index (κ1) is 9.97. The van der Waals surface area contributed by atoms with E-state index in [4.69, 9.17) is 16.9 Å². The number of rotatable bonds is 1. The fourth-order valence-electron chi connectivity index (χ4n) is 1.36. The molecule has 0 amide bonds. The molecule has 0 radical (unpaired) electrons. The Morgan fingerprint density at radius 2 is 2.29 bits per heavy atom. The molecule has 0 atom stereocenters. The van der Waals surface area contributed by atoms with Crippen LogP contribution >= 0.6 is 38.9 Å². The third-order valence-electron chi connectivity index (χ3n) is 2.05. The van der Waals surface area contributed by atoms with Gasteiger partial charge in [-0.05, 0) is 11.6 Å². The second-order valence-corrected chi connectivity index (χ2v) is 4.65. The number of hydrogen-bond donors (Lipinski definition) is 0. The molecular formula is C10H5BrClNS. The second-order valence-electron chi connectivity index (χ2n) is 2.80. The minimum Gasteiger partial charge on any atom is -0.192 e. The first-order valence-corrected chi connectivity index (χ1v) is 6.30. The number of thiophene rings is 1. The van der Waals surface area contributed by atoms with Gasteiger partial charge in [-0.1, -0.05) is 33.6 Å². The summed E-state index contributed by atoms with van der Waals surface area (Å²) in [4.78, 5) is 0. The highest BCUT2D eigenvalue weighted by molar-refractivity contribution is 9.08. The third kappa shape index (κ3) is 1.44. The summed E-state index contributed by atoms with van der Waals surface area (Å²) in [6.45, 7) is 0. The van der Waals surface area contributed by atoms with Gasteiger partial charge in [0, 0.05) is 20.8 Å². The van der Waals surface area contributed by atoms with Gasteiger partial charge in [0.2, 0.25) is 0 Å². The van der Waals surface area contributed by atoms with Crippen molar-refractivity contribution in [2.24, 2.45) is 0 Å². The topological polar surface area (TPSA) is 23.8 Å². The van der Waals surface area contributed by atoms with Crippen LogP contribution in [0.1, 0.15) is 11.1 Å². The molecule has 0 saturated carbocycles. The van der Waals surface area contributed by atoms with Crippen molar-refractivity contribution in [2.75, 3.05) is 0 Å². The molecule has 1 heterocycles. The van der Waals surface area contributed by atoms with Crippen LogP contribution in [0.25, 0.3) is 10.1 Å². The Bertz CT molecular complexity index is 527. The second kappa shape index (κ2) is 3.90. The summed E-state index contributed by atoms with van der Waals surface area (Å²) < 4.78 is 1.10. The average molecular weight is 287 g/mol. The predicted octanol–water partition coefficient (Wildman–Crippen LogP) is 4.32. The van der Waals surface area contributed by atoms with Crippen LogP contribution in [0.15, 0.2) is 17.5 Å². The van der Waals surface area contributed by atoms with E-state index in [0.29, 0.717) is 10.9 Å². The average Bonchev–Trinajstić information content (AvgIpc) is 2.59. The van der Waals surface area contributed by atoms with Crippen molar-refractivity contribution in [3.63, 3.8) is 0 Å². The molecule has 0 unspecified atom stereocenters. The quantitative estimate of drug-likeness (QED) is 0.716. The lowest BCUT2D eigenvalue weighted by molar-refractivity contribution is 1.42. The van der Waals surface area contributed by atoms with Crippen LogP contribution in [0, 0.1) is 11.3 Å². The molecule has 0 fully saturated rings. The Hall–Kier alpha value is -0.560. The maximum Gasteiger partial charge on any atom is 0.0995 e. The summed E-state index contributed by atoms with van der Waals surface area (Å²) in [5.74, 6) is 0. The maximum absolute atomic E-state index is 8.92. The number of nitrogens with zero attached hydrogens (tertiary/aromatic N) is 1. The third-order valence-corrected chi connectivity index (χ3v) is 4.11. The van der Waals surface area contributed by atoms with Gasteiger partial charge in [0.05, 0.1) is 16.7 Å². The van der Waals surface area contributed by atoms with E-state index in [1.807, 2.05) is 17.5 Å². The highest BCUT2D eigenvalue weighted by Gasteiger charge is 2.09. The van der Waals surface area contributed by atoms with Crippen molar-refractivity contribution >= 4 is 49.0 Å². The molecule has 0 aliphatic heterocycles. The van der Waals surface area contributed by atoms with Crippen LogP contribution in [0.5, 0.6) is 0 Å². The summed E-state index contributed by atoms with van der Waals surface area (Å²) >= 11 is 11.0. The Morgan fingerprint density at radius 3 is 2.93 bits per heavy atom. The summed E-state index contributed by atoms with van der Waals surface area (Å²) in [7, 11) is 0. The molecule has 0 saturated heterocycles. The van der Waals surface area contributed by atoms with Crippen LogP contribution in [-0.4, -0.2) is 0 Å². The van der Waals surface area contributed by atoms with E-state index < -0.39 is 0 Å². The van der Waals surface area contributed by atoms with Gasteiger partial charge >= 0.3 is 0 Å². The highest BCUT2D eigenvalue weighted by atomic mass is 79.9. The molecule has 70 valence electrons. The Kier molecular flexibility index (Phi) is 2.78. The van der Waals surface area contributed by atoms with Crippen LogP contribution in [0.3, 0.4) is 0 Å². The van der Waals surface area contributed by atoms with Crippen LogP contribution in [-0.2, 0) is 5.33 Å². The summed E-state index contributed by atoms with van der Waals surface area (Å²) in [5.41, 5.74) is 1.75. The lowest BCUT2D eigenvalue weighted by Crippen LogP contribution is -1.85. The number of alkyl halides is 1. The van der Waals surface area contributed by atoms with Crippen molar-refractivity contribution in [3.8, 4) is 6.07 Å². The molecule has 0 aliphatic carbocycles. The normalized spacial score (nSPS) is 10.4. The summed E-state index contributed by atoms with van der Waals surface area (Å²) in [6.07, 6.45) is 0. The van der Waals surface area contributed by atoms with E-state index in [1.54, 1.807) is 11.3 Å². The fourth-order valence-corrected chi connectivity index (χ4v) is 3.45. The minimum atomic E-state index is 0.685. The Labute approximate surface area is 99.0 Å². The van der Waals surface area contributed by atoms with Gasteiger partial charge in [-0.15, -0.1) is 11.3 Å². The zero-order valence-corrected chi connectivity index (χ0v) is 10.2. The van der Waals surface area contributed by atoms with Crippen molar-refractivity contribution in [3.05, 3.63) is 33.7 Å². The number of benzene rings is 1. The van der Waals surface area contributed by atoms with Gasteiger partial charge in [-0.25, -0.2) is 0 Å². The minimum absolute atomic E-state index is 0.685. The largest absolute Gasteiger partial charge is 0.192 e. The highest BCUT2D eigenvalue weighted by Crippen LogP contribution is 2.34. The molecule has 1 aromatic heterocycles. The molecule has 0 N–H and O–H groups in total. The molecule has 14 heavy (non-hydrogen) atoms. The van der Waals surface area contributed by atoms with Crippen molar-refractivity contribution in [1.29, 1.82) is 5.26 Å². The Balaban J connectivity index is 2.86. The number of halogens is 2. The molecule has 0 aliphatic rings. The molecule has 0 spiro atoms. The number of nitriles is 1. The fraction of sp³-hybridized carbons (Fsp3) is 0.100. The monoisotopic (exact) mass is 285 g/mol. The van der Waals surface area contributed by atoms with Crippen LogP contribution in [0.2, 0.25) is 5.02 Å². The van der Waals surface area contributed by atoms with Crippen molar-refractivity contribution in [2.45, 2.75) is 5.33 Å². The maximum atomic E-state index is 8.92. The predicted molar refractivity (Wildman–Crippen MR) is 64.2 cm³/mol. The van der Waals surface area contributed by atoms with Gasteiger partial charge in [0.1, 0.15) is 0 Å². The number of hydrogen-bond acceptors (Lipinski definition) is 2. The van der Waals surface area contributed by atoms with E-state index >= 15 is 0 Å². The van der Waals surface area contributed by atoms with Gasteiger partial charge in [0.15, 0.2) is 0 Å². The molecule has 0 bridgehead atoms. The summed E-state index contributed by atoms with van der Waals surface area (Å²) in [6, 6.07) is 5.90. The van der Waals surface area contributed by atoms with Crippen LogP contribution in [0.4, 0.5) is 0 Å². The standard InChI is InChI=1S/C10H5BrClNS/c11-3-8-6(4-13)1-2-7-9(12)5-14-10(7)8/h1-2,5H,3H2. The smallest absolute Gasteiger partial charge is 0.0995 e. The van der Waals surface area contributed by atoms with E-state index in [9.17, 15) is 0 Å². The first-order chi connectivity index (χ1) is 6.77. The summed E-state index contributed by atoms with van der Waals surface area (Å²) in [5, 5.41) is 13.3. The first-order valence-electron chi connectivity index (χ1n) is 3.92. The van der Waals surface area contributed by atoms with E-state index in [-0.39, 0.29) is 0 Å². The molecule has 4 heteroatoms. The van der Waals surface area contributed by atoms with E-state index in [0.717, 1.165) is 20.7 Å². The van der Waals surface area contributed by atoms with E-state index in [2.05, 4.69) is 22.0 Å². The van der Waals surface area contributed by atoms with Crippen LogP contribution < -0.4 is 0 Å². The Morgan fingerprint density at radius 1 is 1.50 bits per heavy atom. The van der Waals surface area contributed by atoms with Gasteiger partial charge in [0.25, 0.3) is 0 Å². The number of fused-ring (bicyclic) bond motifs is 1. The van der Waals surface area contributed by atoms with Gasteiger partial charge in [-0.2, -0.15) is 5.26 Å². The SMILES string of the molecule is N#Cc1ccc2c(Cl)csc2c1CBr. The molecule has 2 aromatic rings. The lowest BCUT2D eigenvalue weighted by atomic mass is 10.1. The van der Waals surface area contributed by atoms with Crippen molar-refractivity contribution in [1.82, 2.24) is 0 Å². The molecular weight excluding hydrogens is 282 g/mol. The molecule has 1 aromatic carbocycles. The van der Waals surface area contributed by atoms with Gasteiger partial charge in [-0.3, -0.25) is 0 Å². The molecule has 2 rings (SSSR count). The van der Waals surface area contributed by atoms with E-state index in [1.165, 1.54) is 0 Å².